The Morgan fingerprint density at radius 3 is 1.47 bits per heavy atom. The molecule has 17 heteroatoms. The Kier molecular flexibility index (Phi) is 110. The number of aromatic nitrogens is 10. The molecule has 0 unspecified atom stereocenters. The number of oxazole rings is 2. The van der Waals surface area contributed by atoms with Crippen LogP contribution in [0.5, 0.6) is 0 Å². The molecule has 0 radical (unpaired) electrons. The molecule has 6 aliphatic carbocycles. The fourth-order valence-electron chi connectivity index (χ4n) is 9.95. The summed E-state index contributed by atoms with van der Waals surface area (Å²) in [5.74, 6) is 2.31. The van der Waals surface area contributed by atoms with E-state index < -0.39 is 0 Å². The highest BCUT2D eigenvalue weighted by Gasteiger charge is 2.16. The number of hydrogen-bond acceptors (Lipinski definition) is 14. The van der Waals surface area contributed by atoms with Gasteiger partial charge in [-0.2, -0.15) is 10.1 Å². The van der Waals surface area contributed by atoms with Gasteiger partial charge < -0.3 is 23.2 Å². The van der Waals surface area contributed by atoms with Gasteiger partial charge in [-0.25, -0.2) is 24.9 Å². The number of pyridine rings is 1. The molecule has 110 heavy (non-hydrogen) atoms. The summed E-state index contributed by atoms with van der Waals surface area (Å²) < 4.78 is 18.6. The number of fused-ring (bicyclic) bond motifs is 9. The van der Waals surface area contributed by atoms with Gasteiger partial charge in [-0.1, -0.05) is 249 Å². The van der Waals surface area contributed by atoms with E-state index >= 15 is 0 Å². The highest BCUT2D eigenvalue weighted by atomic mass is 32.2. The van der Waals surface area contributed by atoms with Crippen LogP contribution in [-0.4, -0.2) is 49.7 Å². The van der Waals surface area contributed by atoms with Crippen LogP contribution in [0.25, 0.3) is 20.8 Å². The van der Waals surface area contributed by atoms with Crippen molar-refractivity contribution >= 4 is 66.1 Å². The van der Waals surface area contributed by atoms with E-state index in [1.54, 1.807) is 63.2 Å². The molecular weight excluding hydrogens is 1430 g/mol. The fraction of sp³-hybridized carbons (Fsp3) is 0.624. The molecule has 1 aliphatic heterocycles. The number of thiazole rings is 2. The smallest absolute Gasteiger partial charge is 0.198 e. The van der Waals surface area contributed by atoms with Crippen LogP contribution in [-0.2, 0) is 90.0 Å². The average molecular weight is 1610 g/mol. The van der Waals surface area contributed by atoms with Crippen molar-refractivity contribution in [1.29, 1.82) is 0 Å². The molecule has 7 aliphatic rings. The summed E-state index contributed by atoms with van der Waals surface area (Å²) in [4.78, 5) is 33.7. The van der Waals surface area contributed by atoms with E-state index in [0.29, 0.717) is 5.65 Å². The molecule has 2 N–H and O–H groups in total. The number of nitrogens with zero attached hydrogens (tertiary/aromatic N) is 8. The van der Waals surface area contributed by atoms with E-state index in [2.05, 4.69) is 84.7 Å². The molecule has 0 fully saturated rings. The maximum atomic E-state index is 5.18. The van der Waals surface area contributed by atoms with Gasteiger partial charge in [-0.3, -0.25) is 4.68 Å². The molecule has 0 bridgehead atoms. The lowest BCUT2D eigenvalue weighted by Crippen LogP contribution is -2.10. The molecule has 0 saturated carbocycles. The van der Waals surface area contributed by atoms with E-state index in [1.807, 2.05) is 302 Å². The second-order valence-corrected chi connectivity index (χ2v) is 22.7. The average Bonchev–Trinajstić information content (AvgIpc) is 1.72. The van der Waals surface area contributed by atoms with Crippen LogP contribution in [0, 0.1) is 0 Å². The summed E-state index contributed by atoms with van der Waals surface area (Å²) in [7, 11) is 0. The van der Waals surface area contributed by atoms with E-state index in [-0.39, 0.29) is 0 Å². The molecule has 0 atom stereocenters. The Labute approximate surface area is 695 Å². The number of furan rings is 1. The van der Waals surface area contributed by atoms with Crippen molar-refractivity contribution in [3.05, 3.63) is 180 Å². The topological polar surface area (TPSA) is 166 Å². The van der Waals surface area contributed by atoms with E-state index in [0.717, 1.165) is 42.7 Å². The number of hydrogen-bond donors (Lipinski definition) is 2. The normalized spacial score (nSPS) is 11.2. The fourth-order valence-corrected chi connectivity index (χ4v) is 13.4. The SMILES string of the molecule is CC.CC.CC.CC.CC.CC.CC.CC.CC.CC.CC.CC.CC.CC.CC.CC.CC.CC.c1cc2c([nH]1)CCC2.c1cc2c(o1)CCC2.c1cc2c(s1)CCC2.c1cc2n(n1)CCCC2.c1cc2ncsc2s1.c1cnc2ncoc2c1.c1nc2c([nH]1)CCC2.c1nc2c(o1)CCC2.c1nc2c(s1)CCC2. The highest BCUT2D eigenvalue weighted by molar-refractivity contribution is 7.36. The van der Waals surface area contributed by atoms with Crippen molar-refractivity contribution in [1.82, 2.24) is 49.7 Å². The molecule has 0 saturated heterocycles. The monoisotopic (exact) mass is 1610 g/mol. The number of rotatable bonds is 0. The second-order valence-electron chi connectivity index (χ2n) is 18.7. The largest absolute Gasteiger partial charge is 0.469 e. The molecule has 0 amide bonds. The number of nitrogens with one attached hydrogen (secondary N) is 2. The highest BCUT2D eigenvalue weighted by Crippen LogP contribution is 2.27. The summed E-state index contributed by atoms with van der Waals surface area (Å²) >= 11 is 7.16. The Morgan fingerprint density at radius 1 is 0.345 bits per heavy atom. The summed E-state index contributed by atoms with van der Waals surface area (Å²) in [6, 6.07) is 14.3. The predicted octanol–water partition coefficient (Wildman–Crippen LogP) is 32.5. The molecular formula is C93H172N10O3S4. The van der Waals surface area contributed by atoms with Crippen LogP contribution in [0.3, 0.4) is 0 Å². The molecule has 0 spiro atoms. The van der Waals surface area contributed by atoms with Crippen LogP contribution in [0.15, 0.2) is 121 Å². The zero-order chi connectivity index (χ0) is 86.0. The molecule has 11 aromatic rings. The standard InChI is InChI=1S/C7H10N2.C7H9N.C7H8O.C7H8S.C6H4N2O.C6H8N2.C6H7NO.C6H7NS.C5H3NS2.18C2H6/c1-2-6-9-7(3-1)4-5-8-9;3*1-2-6-4-5-8-7(6)3-1;1-2-5-6(7-3-1)8-4-9-5;3*1-2-5-6(3-1)8-4-7-5;1-2-7-5-4(1)6-3-8-5;18*1-2/h4-5H,1-3,6H2;4-5,8H,1-3H2;2*4-5H,1-3H2;1-4H;4H,1-3H2,(H,7,8);2*4H,1-3H2;1-3H;18*1-2H3. The summed E-state index contributed by atoms with van der Waals surface area (Å²) in [6.45, 7) is 73.1. The van der Waals surface area contributed by atoms with Gasteiger partial charge in [-0.05, 0) is 192 Å². The second kappa shape index (κ2) is 98.8. The van der Waals surface area contributed by atoms with E-state index in [4.69, 9.17) is 13.3 Å². The first-order valence-electron chi connectivity index (χ1n) is 44.2. The van der Waals surface area contributed by atoms with Gasteiger partial charge in [0.25, 0.3) is 0 Å². The minimum atomic E-state index is 0.664. The van der Waals surface area contributed by atoms with Crippen molar-refractivity contribution < 1.29 is 13.3 Å². The first-order valence-corrected chi connectivity index (χ1v) is 47.7. The molecule has 0 aromatic carbocycles. The Bertz CT molecular complexity index is 2790. The Morgan fingerprint density at radius 2 is 0.882 bits per heavy atom. The number of imidazole rings is 1. The van der Waals surface area contributed by atoms with Gasteiger partial charge in [0, 0.05) is 64.8 Å². The van der Waals surface area contributed by atoms with Crippen molar-refractivity contribution in [2.75, 3.05) is 0 Å². The molecule has 18 rings (SSSR count). The summed E-state index contributed by atoms with van der Waals surface area (Å²) in [5, 5.41) is 8.44. The van der Waals surface area contributed by atoms with E-state index in [9.17, 15) is 0 Å². The lowest BCUT2D eigenvalue weighted by Gasteiger charge is -2.11. The zero-order valence-electron chi connectivity index (χ0n) is 77.9. The third-order valence-electron chi connectivity index (χ3n) is 13.8. The lowest BCUT2D eigenvalue weighted by molar-refractivity contribution is 0.486. The molecule has 13 nitrogen and oxygen atoms in total. The maximum absolute atomic E-state index is 5.18. The third kappa shape index (κ3) is 52.9. The van der Waals surface area contributed by atoms with Crippen molar-refractivity contribution in [3.8, 4) is 0 Å². The lowest BCUT2D eigenvalue weighted by atomic mass is 10.1. The molecule has 12 heterocycles. The van der Waals surface area contributed by atoms with Crippen LogP contribution in [0.4, 0.5) is 0 Å². The van der Waals surface area contributed by atoms with Gasteiger partial charge in [0.2, 0.25) is 0 Å². The summed E-state index contributed by atoms with van der Waals surface area (Å²) in [5.41, 5.74) is 19.0. The van der Waals surface area contributed by atoms with E-state index in [1.165, 1.54) is 188 Å². The number of H-pyrrole nitrogens is 2. The predicted molar refractivity (Wildman–Crippen MR) is 502 cm³/mol. The minimum absolute atomic E-state index is 0.664. The number of aryl methyl sites for hydroxylation is 14. The first-order chi connectivity index (χ1) is 54.7. The van der Waals surface area contributed by atoms with Gasteiger partial charge >= 0.3 is 0 Å². The van der Waals surface area contributed by atoms with Gasteiger partial charge in [-0.15, -0.1) is 45.3 Å². The van der Waals surface area contributed by atoms with Crippen LogP contribution in [0.2, 0.25) is 0 Å². The van der Waals surface area contributed by atoms with Crippen LogP contribution in [0.1, 0.15) is 373 Å². The first kappa shape index (κ1) is 122. The summed E-state index contributed by atoms with van der Waals surface area (Å²) in [6.07, 6.45) is 38.5. The van der Waals surface area contributed by atoms with Crippen molar-refractivity contribution in [2.24, 2.45) is 0 Å². The van der Waals surface area contributed by atoms with Crippen molar-refractivity contribution in [2.45, 2.75) is 391 Å². The minimum Gasteiger partial charge on any atom is -0.469 e. The molecule has 636 valence electrons. The van der Waals surface area contributed by atoms with Gasteiger partial charge in [0.1, 0.15) is 15.5 Å². The Hall–Kier alpha value is -6.27. The molecule has 11 aromatic heterocycles. The Balaban J connectivity index is -0.000000142. The van der Waals surface area contributed by atoms with Crippen LogP contribution >= 0.6 is 45.3 Å². The number of thiophene rings is 2. The van der Waals surface area contributed by atoms with Gasteiger partial charge in [0.05, 0.1) is 46.2 Å². The maximum Gasteiger partial charge on any atom is 0.198 e. The number of aromatic amines is 2. The van der Waals surface area contributed by atoms with Gasteiger partial charge in [0.15, 0.2) is 24.0 Å². The quantitative estimate of drug-likeness (QED) is 0.149. The third-order valence-corrected chi connectivity index (χ3v) is 17.7. The zero-order valence-corrected chi connectivity index (χ0v) is 81.2. The van der Waals surface area contributed by atoms with Crippen molar-refractivity contribution in [3.63, 3.8) is 0 Å². The van der Waals surface area contributed by atoms with Crippen LogP contribution < -0.4 is 0 Å².